The molecule has 21 heavy (non-hydrogen) atoms. The Morgan fingerprint density at radius 1 is 1.24 bits per heavy atom. The molecule has 110 valence electrons. The van der Waals surface area contributed by atoms with Gasteiger partial charge >= 0.3 is 0 Å². The van der Waals surface area contributed by atoms with Crippen LogP contribution in [0.2, 0.25) is 5.02 Å². The number of benzene rings is 2. The first-order chi connectivity index (χ1) is 9.95. The van der Waals surface area contributed by atoms with E-state index in [4.69, 9.17) is 16.3 Å². The van der Waals surface area contributed by atoms with Crippen molar-refractivity contribution in [3.63, 3.8) is 0 Å². The number of carbonyl (C=O) groups excluding carboxylic acids is 1. The van der Waals surface area contributed by atoms with E-state index in [0.717, 1.165) is 15.7 Å². The van der Waals surface area contributed by atoms with Crippen molar-refractivity contribution < 1.29 is 9.53 Å². The van der Waals surface area contributed by atoms with E-state index in [9.17, 15) is 4.79 Å². The Kier molecular flexibility index (Phi) is 5.26. The second-order valence-corrected chi connectivity index (χ2v) is 5.96. The Labute approximate surface area is 137 Å². The van der Waals surface area contributed by atoms with Crippen LogP contribution in [0.15, 0.2) is 46.9 Å². The van der Waals surface area contributed by atoms with Crippen molar-refractivity contribution in [2.45, 2.75) is 20.0 Å². The monoisotopic (exact) mass is 367 g/mol. The third-order valence-electron chi connectivity index (χ3n) is 2.92. The van der Waals surface area contributed by atoms with Crippen molar-refractivity contribution in [2.24, 2.45) is 0 Å². The molecule has 0 aliphatic rings. The molecule has 1 amide bonds. The summed E-state index contributed by atoms with van der Waals surface area (Å²) in [5, 5.41) is 3.46. The van der Waals surface area contributed by atoms with Gasteiger partial charge in [0.05, 0.1) is 0 Å². The molecule has 0 aliphatic carbocycles. The fourth-order valence-electron chi connectivity index (χ4n) is 1.74. The smallest absolute Gasteiger partial charge is 0.265 e. The van der Waals surface area contributed by atoms with Gasteiger partial charge in [-0.25, -0.2) is 0 Å². The van der Waals surface area contributed by atoms with E-state index in [2.05, 4.69) is 21.2 Å². The van der Waals surface area contributed by atoms with E-state index < -0.39 is 6.10 Å². The number of rotatable bonds is 4. The van der Waals surface area contributed by atoms with Gasteiger partial charge < -0.3 is 10.1 Å². The highest BCUT2D eigenvalue weighted by atomic mass is 79.9. The largest absolute Gasteiger partial charge is 0.481 e. The molecule has 1 N–H and O–H groups in total. The summed E-state index contributed by atoms with van der Waals surface area (Å²) < 4.78 is 6.58. The first-order valence-electron chi connectivity index (χ1n) is 6.45. The van der Waals surface area contributed by atoms with Crippen molar-refractivity contribution in [1.82, 2.24) is 0 Å². The maximum absolute atomic E-state index is 12.1. The average molecular weight is 369 g/mol. The first kappa shape index (κ1) is 15.9. The number of nitrogens with one attached hydrogen (secondary N) is 1. The highest BCUT2D eigenvalue weighted by Gasteiger charge is 2.15. The lowest BCUT2D eigenvalue weighted by atomic mass is 10.2. The lowest BCUT2D eigenvalue weighted by molar-refractivity contribution is -0.122. The Morgan fingerprint density at radius 2 is 1.90 bits per heavy atom. The number of anilines is 1. The fourth-order valence-corrected chi connectivity index (χ4v) is 2.11. The van der Waals surface area contributed by atoms with Crippen LogP contribution in [0.5, 0.6) is 5.75 Å². The first-order valence-corrected chi connectivity index (χ1v) is 7.62. The highest BCUT2D eigenvalue weighted by Crippen LogP contribution is 2.21. The zero-order valence-electron chi connectivity index (χ0n) is 11.7. The van der Waals surface area contributed by atoms with Crippen LogP contribution in [0.1, 0.15) is 12.5 Å². The lowest BCUT2D eigenvalue weighted by Crippen LogP contribution is -2.30. The molecule has 0 aliphatic heterocycles. The van der Waals surface area contributed by atoms with Gasteiger partial charge in [0.25, 0.3) is 5.91 Å². The predicted molar refractivity (Wildman–Crippen MR) is 89.1 cm³/mol. The van der Waals surface area contributed by atoms with E-state index >= 15 is 0 Å². The molecule has 5 heteroatoms. The van der Waals surface area contributed by atoms with Gasteiger partial charge in [0.15, 0.2) is 6.10 Å². The number of aryl methyl sites for hydroxylation is 1. The lowest BCUT2D eigenvalue weighted by Gasteiger charge is -2.15. The molecule has 0 unspecified atom stereocenters. The molecule has 0 saturated heterocycles. The summed E-state index contributed by atoms with van der Waals surface area (Å²) in [6.07, 6.45) is -0.602. The number of hydrogen-bond acceptors (Lipinski definition) is 2. The second kappa shape index (κ2) is 6.96. The van der Waals surface area contributed by atoms with Crippen molar-refractivity contribution in [1.29, 1.82) is 0 Å². The normalized spacial score (nSPS) is 11.8. The fraction of sp³-hybridized carbons (Fsp3) is 0.188. The van der Waals surface area contributed by atoms with Crippen LogP contribution >= 0.6 is 27.5 Å². The number of ether oxygens (including phenoxy) is 1. The Bertz CT molecular complexity index is 643. The number of carbonyl (C=O) groups is 1. The van der Waals surface area contributed by atoms with E-state index in [-0.39, 0.29) is 5.91 Å². The van der Waals surface area contributed by atoms with Gasteiger partial charge in [-0.1, -0.05) is 27.5 Å². The standard InChI is InChI=1S/C16H15BrClNO2/c1-10-9-13(5-8-15(10)17)19-16(20)11(2)21-14-6-3-12(18)4-7-14/h3-9,11H,1-2H3,(H,19,20)/t11-/m0/s1. The van der Waals surface area contributed by atoms with Crippen molar-refractivity contribution in [2.75, 3.05) is 5.32 Å². The molecule has 0 saturated carbocycles. The molecule has 2 aromatic rings. The minimum atomic E-state index is -0.602. The zero-order valence-corrected chi connectivity index (χ0v) is 14.0. The molecular weight excluding hydrogens is 354 g/mol. The average Bonchev–Trinajstić information content (AvgIpc) is 2.45. The zero-order chi connectivity index (χ0) is 15.4. The summed E-state index contributed by atoms with van der Waals surface area (Å²) in [4.78, 5) is 12.1. The summed E-state index contributed by atoms with van der Waals surface area (Å²) in [5.74, 6) is 0.403. The van der Waals surface area contributed by atoms with Crippen LogP contribution in [0.25, 0.3) is 0 Å². The SMILES string of the molecule is Cc1cc(NC(=O)[C@H](C)Oc2ccc(Cl)cc2)ccc1Br. The minimum absolute atomic E-state index is 0.202. The minimum Gasteiger partial charge on any atom is -0.481 e. The van der Waals surface area contributed by atoms with Gasteiger partial charge in [-0.3, -0.25) is 4.79 Å². The molecule has 1 atom stereocenters. The van der Waals surface area contributed by atoms with Crippen LogP contribution < -0.4 is 10.1 Å². The van der Waals surface area contributed by atoms with Crippen molar-refractivity contribution in [3.05, 3.63) is 57.5 Å². The quantitative estimate of drug-likeness (QED) is 0.840. The molecule has 0 heterocycles. The third kappa shape index (κ3) is 4.48. The van der Waals surface area contributed by atoms with Crippen LogP contribution in [0, 0.1) is 6.92 Å². The van der Waals surface area contributed by atoms with Gasteiger partial charge in [0, 0.05) is 15.2 Å². The molecule has 0 fully saturated rings. The summed E-state index contributed by atoms with van der Waals surface area (Å²) in [6, 6.07) is 12.5. The van der Waals surface area contributed by atoms with Crippen LogP contribution in [-0.2, 0) is 4.79 Å². The van der Waals surface area contributed by atoms with Crippen LogP contribution in [0.3, 0.4) is 0 Å². The summed E-state index contributed by atoms with van der Waals surface area (Å²) >= 11 is 9.23. The van der Waals surface area contributed by atoms with Crippen LogP contribution in [0.4, 0.5) is 5.69 Å². The Morgan fingerprint density at radius 3 is 2.52 bits per heavy atom. The topological polar surface area (TPSA) is 38.3 Å². The summed E-state index contributed by atoms with van der Waals surface area (Å²) in [7, 11) is 0. The number of amides is 1. The van der Waals surface area contributed by atoms with Crippen LogP contribution in [-0.4, -0.2) is 12.0 Å². The maximum atomic E-state index is 12.1. The summed E-state index contributed by atoms with van der Waals surface area (Å²) in [5.41, 5.74) is 1.80. The summed E-state index contributed by atoms with van der Waals surface area (Å²) in [6.45, 7) is 3.67. The number of hydrogen-bond donors (Lipinski definition) is 1. The second-order valence-electron chi connectivity index (χ2n) is 4.67. The Hall–Kier alpha value is -1.52. The molecule has 2 aromatic carbocycles. The number of halogens is 2. The molecule has 0 aromatic heterocycles. The molecule has 3 nitrogen and oxygen atoms in total. The molecule has 0 bridgehead atoms. The predicted octanol–water partition coefficient (Wildman–Crippen LogP) is 4.82. The van der Waals surface area contributed by atoms with Gasteiger partial charge in [-0.2, -0.15) is 0 Å². The van der Waals surface area contributed by atoms with Gasteiger partial charge in [-0.15, -0.1) is 0 Å². The van der Waals surface area contributed by atoms with Gasteiger partial charge in [0.1, 0.15) is 5.75 Å². The highest BCUT2D eigenvalue weighted by molar-refractivity contribution is 9.10. The van der Waals surface area contributed by atoms with Crippen molar-refractivity contribution >= 4 is 39.1 Å². The molecule has 2 rings (SSSR count). The van der Waals surface area contributed by atoms with E-state index in [1.807, 2.05) is 25.1 Å². The van der Waals surface area contributed by atoms with Gasteiger partial charge in [0.2, 0.25) is 0 Å². The Balaban J connectivity index is 1.98. The molecule has 0 spiro atoms. The van der Waals surface area contributed by atoms with Crippen molar-refractivity contribution in [3.8, 4) is 5.75 Å². The maximum Gasteiger partial charge on any atom is 0.265 e. The molecule has 0 radical (unpaired) electrons. The third-order valence-corrected chi connectivity index (χ3v) is 4.06. The van der Waals surface area contributed by atoms with Gasteiger partial charge in [-0.05, 0) is 61.9 Å². The van der Waals surface area contributed by atoms with E-state index in [1.54, 1.807) is 31.2 Å². The molecular formula is C16H15BrClNO2. The van der Waals surface area contributed by atoms with E-state index in [1.165, 1.54) is 0 Å². The van der Waals surface area contributed by atoms with E-state index in [0.29, 0.717) is 10.8 Å².